The molecule has 27 heavy (non-hydrogen) atoms. The molecule has 0 saturated heterocycles. The van der Waals surface area contributed by atoms with E-state index in [2.05, 4.69) is 15.2 Å². The summed E-state index contributed by atoms with van der Waals surface area (Å²) in [6, 6.07) is 15.9. The Balaban J connectivity index is 1.94. The number of benzene rings is 2. The Hall–Kier alpha value is -3.38. The van der Waals surface area contributed by atoms with Crippen LogP contribution in [-0.2, 0) is 0 Å². The second-order valence-electron chi connectivity index (χ2n) is 5.90. The van der Waals surface area contributed by atoms with Crippen LogP contribution in [0.2, 0.25) is 5.02 Å². The minimum absolute atomic E-state index is 0.122. The van der Waals surface area contributed by atoms with Crippen molar-refractivity contribution in [3.8, 4) is 28.3 Å². The zero-order valence-corrected chi connectivity index (χ0v) is 15.0. The number of ether oxygens (including phenoxy) is 1. The number of fused-ring (bicyclic) bond motifs is 1. The highest BCUT2D eigenvalue weighted by atomic mass is 35.5. The van der Waals surface area contributed by atoms with Gasteiger partial charge in [0.1, 0.15) is 5.75 Å². The third-order valence-electron chi connectivity index (χ3n) is 4.25. The van der Waals surface area contributed by atoms with Crippen LogP contribution in [0.5, 0.6) is 5.75 Å². The summed E-state index contributed by atoms with van der Waals surface area (Å²) >= 11 is 5.94. The minimum atomic E-state index is -1.05. The fraction of sp³-hybridized carbons (Fsp3) is 0.0500. The SMILES string of the molecule is COc1cccc(-c2cc(C(=O)O)c3c(-c4ccc(Cl)cc4)[nH]nc3n2)c1. The first-order valence-corrected chi connectivity index (χ1v) is 8.47. The van der Waals surface area contributed by atoms with Crippen molar-refractivity contribution in [1.82, 2.24) is 15.2 Å². The van der Waals surface area contributed by atoms with E-state index in [4.69, 9.17) is 16.3 Å². The van der Waals surface area contributed by atoms with Crippen LogP contribution in [0.3, 0.4) is 0 Å². The van der Waals surface area contributed by atoms with E-state index in [0.29, 0.717) is 33.2 Å². The molecule has 2 aromatic carbocycles. The van der Waals surface area contributed by atoms with Gasteiger partial charge in [-0.15, -0.1) is 0 Å². The van der Waals surface area contributed by atoms with Crippen molar-refractivity contribution in [2.24, 2.45) is 0 Å². The van der Waals surface area contributed by atoms with Gasteiger partial charge in [-0.2, -0.15) is 5.10 Å². The number of rotatable bonds is 4. The van der Waals surface area contributed by atoms with E-state index < -0.39 is 5.97 Å². The number of carboxylic acids is 1. The van der Waals surface area contributed by atoms with Crippen LogP contribution in [0.25, 0.3) is 33.5 Å². The number of halogens is 1. The largest absolute Gasteiger partial charge is 0.497 e. The molecule has 0 atom stereocenters. The van der Waals surface area contributed by atoms with Crippen molar-refractivity contribution >= 4 is 28.6 Å². The monoisotopic (exact) mass is 379 g/mol. The molecule has 0 amide bonds. The van der Waals surface area contributed by atoms with Crippen molar-refractivity contribution in [1.29, 1.82) is 0 Å². The summed E-state index contributed by atoms with van der Waals surface area (Å²) in [4.78, 5) is 16.5. The van der Waals surface area contributed by atoms with Crippen molar-refractivity contribution in [2.45, 2.75) is 0 Å². The van der Waals surface area contributed by atoms with Crippen molar-refractivity contribution in [3.05, 3.63) is 65.2 Å². The average Bonchev–Trinajstić information content (AvgIpc) is 3.11. The van der Waals surface area contributed by atoms with Crippen LogP contribution in [0, 0.1) is 0 Å². The van der Waals surface area contributed by atoms with Crippen LogP contribution in [0.1, 0.15) is 10.4 Å². The Morgan fingerprint density at radius 2 is 1.89 bits per heavy atom. The normalized spacial score (nSPS) is 10.9. The van der Waals surface area contributed by atoms with Gasteiger partial charge in [0.25, 0.3) is 0 Å². The highest BCUT2D eigenvalue weighted by Gasteiger charge is 2.20. The third kappa shape index (κ3) is 3.11. The first-order chi connectivity index (χ1) is 13.1. The molecule has 0 aliphatic rings. The lowest BCUT2D eigenvalue weighted by Gasteiger charge is -2.07. The molecule has 134 valence electrons. The topological polar surface area (TPSA) is 88.1 Å². The molecule has 6 nitrogen and oxygen atoms in total. The van der Waals surface area contributed by atoms with Crippen LogP contribution in [0.4, 0.5) is 0 Å². The van der Waals surface area contributed by atoms with E-state index in [1.807, 2.05) is 18.2 Å². The first kappa shape index (κ1) is 17.1. The van der Waals surface area contributed by atoms with Gasteiger partial charge in [-0.25, -0.2) is 9.78 Å². The number of aromatic carboxylic acids is 1. The second kappa shape index (κ2) is 6.74. The maximum absolute atomic E-state index is 11.9. The number of hydrogen-bond donors (Lipinski definition) is 2. The molecule has 0 unspecified atom stereocenters. The van der Waals surface area contributed by atoms with Crippen LogP contribution in [0.15, 0.2) is 54.6 Å². The molecule has 7 heteroatoms. The molecular formula is C20H14ClN3O3. The molecular weight excluding hydrogens is 366 g/mol. The van der Waals surface area contributed by atoms with E-state index >= 15 is 0 Å². The van der Waals surface area contributed by atoms with E-state index in [9.17, 15) is 9.90 Å². The summed E-state index contributed by atoms with van der Waals surface area (Å²) in [6.07, 6.45) is 0. The maximum Gasteiger partial charge on any atom is 0.336 e. The summed E-state index contributed by atoms with van der Waals surface area (Å²) < 4.78 is 5.24. The number of methoxy groups -OCH3 is 1. The number of carboxylic acid groups (broad SMARTS) is 1. The molecule has 0 spiro atoms. The van der Waals surface area contributed by atoms with E-state index in [1.54, 1.807) is 43.5 Å². The summed E-state index contributed by atoms with van der Waals surface area (Å²) in [6.45, 7) is 0. The fourth-order valence-electron chi connectivity index (χ4n) is 2.95. The number of nitrogens with one attached hydrogen (secondary N) is 1. The summed E-state index contributed by atoms with van der Waals surface area (Å²) in [7, 11) is 1.57. The van der Waals surface area contributed by atoms with Crippen molar-refractivity contribution in [3.63, 3.8) is 0 Å². The van der Waals surface area contributed by atoms with Gasteiger partial charge >= 0.3 is 5.97 Å². The van der Waals surface area contributed by atoms with Gasteiger partial charge in [0.15, 0.2) is 5.65 Å². The number of carbonyl (C=O) groups is 1. The summed E-state index contributed by atoms with van der Waals surface area (Å²) in [5, 5.41) is 18.0. The van der Waals surface area contributed by atoms with E-state index in [-0.39, 0.29) is 5.56 Å². The summed E-state index contributed by atoms with van der Waals surface area (Å²) in [5.41, 5.74) is 3.07. The van der Waals surface area contributed by atoms with Crippen LogP contribution < -0.4 is 4.74 Å². The average molecular weight is 380 g/mol. The van der Waals surface area contributed by atoms with Crippen LogP contribution >= 0.6 is 11.6 Å². The minimum Gasteiger partial charge on any atom is -0.497 e. The Morgan fingerprint density at radius 1 is 1.11 bits per heavy atom. The lowest BCUT2D eigenvalue weighted by atomic mass is 10.0. The quantitative estimate of drug-likeness (QED) is 0.538. The molecule has 0 saturated carbocycles. The highest BCUT2D eigenvalue weighted by Crippen LogP contribution is 2.32. The van der Waals surface area contributed by atoms with Crippen molar-refractivity contribution < 1.29 is 14.6 Å². The van der Waals surface area contributed by atoms with Gasteiger partial charge in [0.05, 0.1) is 29.4 Å². The lowest BCUT2D eigenvalue weighted by molar-refractivity contribution is 0.0699. The molecule has 0 aliphatic heterocycles. The molecule has 2 N–H and O–H groups in total. The highest BCUT2D eigenvalue weighted by molar-refractivity contribution is 6.30. The van der Waals surface area contributed by atoms with Gasteiger partial charge in [0, 0.05) is 16.1 Å². The third-order valence-corrected chi connectivity index (χ3v) is 4.50. The number of H-pyrrole nitrogens is 1. The Bertz CT molecular complexity index is 1150. The second-order valence-corrected chi connectivity index (χ2v) is 6.33. The maximum atomic E-state index is 11.9. The smallest absolute Gasteiger partial charge is 0.336 e. The molecule has 2 heterocycles. The molecule has 4 rings (SSSR count). The predicted octanol–water partition coefficient (Wildman–Crippen LogP) is 4.65. The fourth-order valence-corrected chi connectivity index (χ4v) is 3.07. The standard InChI is InChI=1S/C20H14ClN3O3/c1-27-14-4-2-3-12(9-14)16-10-15(20(25)26)17-18(23-24-19(17)22-16)11-5-7-13(21)8-6-11/h2-10H,1H3,(H,25,26)(H,22,23,24). The predicted molar refractivity (Wildman–Crippen MR) is 103 cm³/mol. The Labute approximate surface area is 159 Å². The lowest BCUT2D eigenvalue weighted by Crippen LogP contribution is -2.00. The number of nitrogens with zero attached hydrogens (tertiary/aromatic N) is 2. The molecule has 0 aliphatic carbocycles. The van der Waals surface area contributed by atoms with Crippen molar-refractivity contribution in [2.75, 3.05) is 7.11 Å². The first-order valence-electron chi connectivity index (χ1n) is 8.09. The molecule has 4 aromatic rings. The molecule has 2 aromatic heterocycles. The molecule has 0 radical (unpaired) electrons. The number of aromatic nitrogens is 3. The Morgan fingerprint density at radius 3 is 2.59 bits per heavy atom. The van der Waals surface area contributed by atoms with Gasteiger partial charge in [-0.05, 0) is 30.3 Å². The zero-order valence-electron chi connectivity index (χ0n) is 14.2. The number of hydrogen-bond acceptors (Lipinski definition) is 4. The zero-order chi connectivity index (χ0) is 19.0. The van der Waals surface area contributed by atoms with Gasteiger partial charge in [0.2, 0.25) is 0 Å². The van der Waals surface area contributed by atoms with Crippen LogP contribution in [-0.4, -0.2) is 33.4 Å². The van der Waals surface area contributed by atoms with E-state index in [1.165, 1.54) is 0 Å². The molecule has 0 fully saturated rings. The summed E-state index contributed by atoms with van der Waals surface area (Å²) in [5.74, 6) is -0.390. The number of pyridine rings is 1. The Kier molecular flexibility index (Phi) is 4.25. The number of aromatic amines is 1. The van der Waals surface area contributed by atoms with Gasteiger partial charge in [-0.3, -0.25) is 5.10 Å². The molecule has 0 bridgehead atoms. The van der Waals surface area contributed by atoms with Gasteiger partial charge < -0.3 is 9.84 Å². The van der Waals surface area contributed by atoms with E-state index in [0.717, 1.165) is 11.1 Å². The van der Waals surface area contributed by atoms with Gasteiger partial charge in [-0.1, -0.05) is 35.9 Å².